The number of hydrogen-bond donors (Lipinski definition) is 1. The number of nitrogens with one attached hydrogen (secondary N) is 1. The van der Waals surface area contributed by atoms with Crippen molar-refractivity contribution in [3.8, 4) is 0 Å². The van der Waals surface area contributed by atoms with Crippen molar-refractivity contribution in [2.75, 3.05) is 19.6 Å². The lowest BCUT2D eigenvalue weighted by Gasteiger charge is -2.25. The van der Waals surface area contributed by atoms with Gasteiger partial charge in [-0.3, -0.25) is 4.79 Å². The third-order valence-corrected chi connectivity index (χ3v) is 4.19. The molecule has 0 saturated carbocycles. The maximum Gasteiger partial charge on any atom is 0.254 e. The van der Waals surface area contributed by atoms with Gasteiger partial charge in [-0.15, -0.1) is 0 Å². The molecule has 1 heterocycles. The Balaban J connectivity index is 2.10. The zero-order valence-corrected chi connectivity index (χ0v) is 13.2. The Labute approximate surface area is 127 Å². The van der Waals surface area contributed by atoms with Crippen LogP contribution in [0.25, 0.3) is 0 Å². The van der Waals surface area contributed by atoms with Crippen molar-refractivity contribution in [3.05, 3.63) is 34.1 Å². The van der Waals surface area contributed by atoms with Gasteiger partial charge in [0.1, 0.15) is 5.82 Å². The Morgan fingerprint density at radius 1 is 1.55 bits per heavy atom. The summed E-state index contributed by atoms with van der Waals surface area (Å²) >= 11 is 3.11. The minimum absolute atomic E-state index is 0.0908. The normalized spacial score (nSPS) is 18.2. The van der Waals surface area contributed by atoms with E-state index in [4.69, 9.17) is 0 Å². The molecule has 20 heavy (non-hydrogen) atoms. The maximum atomic E-state index is 13.6. The van der Waals surface area contributed by atoms with Crippen molar-refractivity contribution in [2.45, 2.75) is 32.2 Å². The van der Waals surface area contributed by atoms with Gasteiger partial charge >= 0.3 is 0 Å². The van der Waals surface area contributed by atoms with Crippen molar-refractivity contribution >= 4 is 21.8 Å². The third-order valence-electron chi connectivity index (χ3n) is 3.55. The predicted octanol–water partition coefficient (Wildman–Crippen LogP) is 3.19. The molecule has 0 bridgehead atoms. The molecular formula is C15H20BrFN2O. The van der Waals surface area contributed by atoms with E-state index < -0.39 is 5.82 Å². The molecule has 1 amide bonds. The number of halogens is 2. The van der Waals surface area contributed by atoms with E-state index >= 15 is 0 Å². The van der Waals surface area contributed by atoms with E-state index in [1.807, 2.05) is 11.8 Å². The molecule has 1 aromatic rings. The number of carbonyl (C=O) groups is 1. The molecule has 1 N–H and O–H groups in total. The largest absolute Gasteiger partial charge is 0.337 e. The third kappa shape index (κ3) is 3.79. The highest BCUT2D eigenvalue weighted by Crippen LogP contribution is 2.18. The van der Waals surface area contributed by atoms with Crippen molar-refractivity contribution in [3.63, 3.8) is 0 Å². The molecule has 2 rings (SSSR count). The van der Waals surface area contributed by atoms with Crippen LogP contribution in [0, 0.1) is 5.82 Å². The zero-order valence-electron chi connectivity index (χ0n) is 11.7. The van der Waals surface area contributed by atoms with Gasteiger partial charge in [0.25, 0.3) is 5.91 Å². The van der Waals surface area contributed by atoms with E-state index in [-0.39, 0.29) is 5.91 Å². The number of carbonyl (C=O) groups excluding carboxylic acids is 1. The highest BCUT2D eigenvalue weighted by Gasteiger charge is 2.22. The van der Waals surface area contributed by atoms with Crippen LogP contribution in [-0.4, -0.2) is 36.5 Å². The summed E-state index contributed by atoms with van der Waals surface area (Å²) in [5.41, 5.74) is 0.414. The summed E-state index contributed by atoms with van der Waals surface area (Å²) in [6, 6.07) is 4.92. The van der Waals surface area contributed by atoms with E-state index in [9.17, 15) is 9.18 Å². The molecule has 1 unspecified atom stereocenters. The molecule has 1 aromatic carbocycles. The van der Waals surface area contributed by atoms with Crippen LogP contribution in [0.3, 0.4) is 0 Å². The SMILES string of the molecule is CCCN(CC1CCCN1)C(=O)c1ccc(Br)c(F)c1. The fourth-order valence-corrected chi connectivity index (χ4v) is 2.78. The van der Waals surface area contributed by atoms with E-state index in [1.54, 1.807) is 12.1 Å². The van der Waals surface area contributed by atoms with Gasteiger partial charge in [0.05, 0.1) is 4.47 Å². The van der Waals surface area contributed by atoms with Gasteiger partial charge in [0.15, 0.2) is 0 Å². The zero-order chi connectivity index (χ0) is 14.5. The molecule has 1 atom stereocenters. The van der Waals surface area contributed by atoms with Gasteiger partial charge in [-0.1, -0.05) is 6.92 Å². The number of benzene rings is 1. The minimum Gasteiger partial charge on any atom is -0.337 e. The summed E-state index contributed by atoms with van der Waals surface area (Å²) < 4.78 is 13.9. The molecule has 1 saturated heterocycles. The second-order valence-electron chi connectivity index (χ2n) is 5.17. The molecule has 110 valence electrons. The lowest BCUT2D eigenvalue weighted by molar-refractivity contribution is 0.0741. The van der Waals surface area contributed by atoms with Crippen LogP contribution in [-0.2, 0) is 0 Å². The topological polar surface area (TPSA) is 32.3 Å². The van der Waals surface area contributed by atoms with E-state index in [2.05, 4.69) is 21.2 Å². The van der Waals surface area contributed by atoms with E-state index in [0.29, 0.717) is 29.2 Å². The summed E-state index contributed by atoms with van der Waals surface area (Å²) in [6.07, 6.45) is 3.16. The first-order valence-corrected chi connectivity index (χ1v) is 7.89. The van der Waals surface area contributed by atoms with Gasteiger partial charge in [0.2, 0.25) is 0 Å². The van der Waals surface area contributed by atoms with Crippen molar-refractivity contribution in [1.29, 1.82) is 0 Å². The predicted molar refractivity (Wildman–Crippen MR) is 81.3 cm³/mol. The molecule has 0 aliphatic carbocycles. The van der Waals surface area contributed by atoms with Crippen LogP contribution in [0.15, 0.2) is 22.7 Å². The van der Waals surface area contributed by atoms with Crippen molar-refractivity contribution < 1.29 is 9.18 Å². The Morgan fingerprint density at radius 2 is 2.35 bits per heavy atom. The molecule has 3 nitrogen and oxygen atoms in total. The minimum atomic E-state index is -0.397. The first-order chi connectivity index (χ1) is 9.61. The molecule has 1 fully saturated rings. The lowest BCUT2D eigenvalue weighted by Crippen LogP contribution is -2.41. The van der Waals surface area contributed by atoms with E-state index in [0.717, 1.165) is 25.8 Å². The van der Waals surface area contributed by atoms with Crippen LogP contribution in [0.5, 0.6) is 0 Å². The summed E-state index contributed by atoms with van der Waals surface area (Å²) in [4.78, 5) is 14.3. The monoisotopic (exact) mass is 342 g/mol. The number of rotatable bonds is 5. The van der Waals surface area contributed by atoms with Gasteiger partial charge in [0, 0.05) is 24.7 Å². The van der Waals surface area contributed by atoms with Crippen LogP contribution >= 0.6 is 15.9 Å². The van der Waals surface area contributed by atoms with Crippen LogP contribution in [0.4, 0.5) is 4.39 Å². The average molecular weight is 343 g/mol. The summed E-state index contributed by atoms with van der Waals surface area (Å²) in [6.45, 7) is 4.47. The first-order valence-electron chi connectivity index (χ1n) is 7.09. The molecule has 5 heteroatoms. The van der Waals surface area contributed by atoms with Crippen LogP contribution in [0.1, 0.15) is 36.5 Å². The van der Waals surface area contributed by atoms with Crippen molar-refractivity contribution in [2.24, 2.45) is 0 Å². The molecule has 0 radical (unpaired) electrons. The molecule has 1 aliphatic rings. The second-order valence-corrected chi connectivity index (χ2v) is 6.03. The van der Waals surface area contributed by atoms with Gasteiger partial charge in [-0.05, 0) is 59.9 Å². The van der Waals surface area contributed by atoms with Crippen LogP contribution < -0.4 is 5.32 Å². The smallest absolute Gasteiger partial charge is 0.254 e. The van der Waals surface area contributed by atoms with Crippen molar-refractivity contribution in [1.82, 2.24) is 10.2 Å². The standard InChI is InChI=1S/C15H20BrFN2O/c1-2-8-19(10-12-4-3-7-18-12)15(20)11-5-6-13(16)14(17)9-11/h5-6,9,12,18H,2-4,7-8,10H2,1H3. The average Bonchev–Trinajstić information content (AvgIpc) is 2.93. The highest BCUT2D eigenvalue weighted by atomic mass is 79.9. The fraction of sp³-hybridized carbons (Fsp3) is 0.533. The summed E-state index contributed by atoms with van der Waals surface area (Å²) in [5, 5.41) is 3.40. The summed E-state index contributed by atoms with van der Waals surface area (Å²) in [5.74, 6) is -0.488. The Kier molecular flexibility index (Phi) is 5.54. The molecule has 1 aliphatic heterocycles. The Bertz CT molecular complexity index is 475. The van der Waals surface area contributed by atoms with Gasteiger partial charge < -0.3 is 10.2 Å². The van der Waals surface area contributed by atoms with Crippen LogP contribution in [0.2, 0.25) is 0 Å². The Hall–Kier alpha value is -0.940. The second kappa shape index (κ2) is 7.18. The number of nitrogens with zero attached hydrogens (tertiary/aromatic N) is 1. The molecule has 0 spiro atoms. The maximum absolute atomic E-state index is 13.6. The molecular weight excluding hydrogens is 323 g/mol. The number of hydrogen-bond acceptors (Lipinski definition) is 2. The summed E-state index contributed by atoms with van der Waals surface area (Å²) in [7, 11) is 0. The highest BCUT2D eigenvalue weighted by molar-refractivity contribution is 9.10. The lowest BCUT2D eigenvalue weighted by atomic mass is 10.1. The molecule has 0 aromatic heterocycles. The first kappa shape index (κ1) is 15.4. The van der Waals surface area contributed by atoms with Gasteiger partial charge in [-0.25, -0.2) is 4.39 Å². The fourth-order valence-electron chi connectivity index (χ4n) is 2.54. The Morgan fingerprint density at radius 3 is 2.95 bits per heavy atom. The van der Waals surface area contributed by atoms with Gasteiger partial charge in [-0.2, -0.15) is 0 Å². The quantitative estimate of drug-likeness (QED) is 0.891. The number of amides is 1. The van der Waals surface area contributed by atoms with E-state index in [1.165, 1.54) is 6.07 Å².